The zero-order valence-electron chi connectivity index (χ0n) is 13.8. The Morgan fingerprint density at radius 3 is 2.83 bits per heavy atom. The van der Waals surface area contributed by atoms with Crippen LogP contribution in [0.15, 0.2) is 48.1 Å². The van der Waals surface area contributed by atoms with Crippen LogP contribution in [0.1, 0.15) is 32.7 Å². The maximum absolute atomic E-state index is 12.7. The van der Waals surface area contributed by atoms with Gasteiger partial charge in [0.25, 0.3) is 5.91 Å². The first-order valence-electron chi connectivity index (χ1n) is 7.56. The van der Waals surface area contributed by atoms with E-state index in [0.29, 0.717) is 0 Å². The molecule has 0 aliphatic carbocycles. The van der Waals surface area contributed by atoms with E-state index in [2.05, 4.69) is 10.3 Å². The minimum atomic E-state index is -0.353. The van der Waals surface area contributed by atoms with E-state index in [1.165, 1.54) is 11.3 Å². The Kier molecular flexibility index (Phi) is 4.66. The van der Waals surface area contributed by atoms with Crippen molar-refractivity contribution in [3.8, 4) is 5.75 Å². The maximum Gasteiger partial charge on any atom is 0.262 e. The highest BCUT2D eigenvalue weighted by Gasteiger charge is 2.23. The summed E-state index contributed by atoms with van der Waals surface area (Å²) in [6.45, 7) is 1.94. The fraction of sp³-hybridized carbons (Fsp3) is 0.222. The number of thiophene rings is 1. The van der Waals surface area contributed by atoms with Crippen LogP contribution in [0.3, 0.4) is 0 Å². The van der Waals surface area contributed by atoms with E-state index in [0.717, 1.165) is 27.6 Å². The molecular weight excluding hydrogens is 322 g/mol. The van der Waals surface area contributed by atoms with Crippen LogP contribution in [0.5, 0.6) is 5.75 Å². The number of methoxy groups -OCH3 is 1. The molecule has 0 saturated heterocycles. The molecule has 1 atom stereocenters. The van der Waals surface area contributed by atoms with Gasteiger partial charge >= 0.3 is 0 Å². The van der Waals surface area contributed by atoms with Crippen LogP contribution >= 0.6 is 11.3 Å². The molecule has 3 aromatic rings. The van der Waals surface area contributed by atoms with E-state index in [1.54, 1.807) is 13.3 Å². The van der Waals surface area contributed by atoms with Gasteiger partial charge in [0.1, 0.15) is 17.6 Å². The number of aromatic nitrogens is 2. The molecule has 24 heavy (non-hydrogen) atoms. The summed E-state index contributed by atoms with van der Waals surface area (Å²) < 4.78 is 7.22. The number of carbonyl (C=O) groups excluding carboxylic acids is 1. The Bertz CT molecular complexity index is 853. The lowest BCUT2D eigenvalue weighted by Crippen LogP contribution is -2.31. The minimum absolute atomic E-state index is 0.0988. The highest BCUT2D eigenvalue weighted by atomic mass is 32.1. The van der Waals surface area contributed by atoms with Crippen molar-refractivity contribution in [3.63, 3.8) is 0 Å². The molecule has 0 aliphatic heterocycles. The average Bonchev–Trinajstić information content (AvgIpc) is 3.21. The van der Waals surface area contributed by atoms with E-state index >= 15 is 0 Å². The molecule has 3 rings (SSSR count). The first kappa shape index (κ1) is 16.3. The fourth-order valence-electron chi connectivity index (χ4n) is 2.58. The number of amides is 1. The van der Waals surface area contributed by atoms with Crippen molar-refractivity contribution in [3.05, 3.63) is 69.9 Å². The number of hydrogen-bond donors (Lipinski definition) is 1. The SMILES string of the molecule is COc1cccc(C(NC(=O)c2sccc2C)c2nccn2C)c1. The number of nitrogens with one attached hydrogen (secondary N) is 1. The summed E-state index contributed by atoms with van der Waals surface area (Å²) in [7, 11) is 3.54. The third kappa shape index (κ3) is 3.19. The fourth-order valence-corrected chi connectivity index (χ4v) is 3.40. The van der Waals surface area contributed by atoms with Crippen molar-refractivity contribution in [1.29, 1.82) is 0 Å². The molecule has 0 fully saturated rings. The van der Waals surface area contributed by atoms with E-state index in [4.69, 9.17) is 4.74 Å². The van der Waals surface area contributed by atoms with Gasteiger partial charge in [0.15, 0.2) is 0 Å². The molecule has 5 nitrogen and oxygen atoms in total. The van der Waals surface area contributed by atoms with Crippen molar-refractivity contribution in [2.24, 2.45) is 7.05 Å². The second kappa shape index (κ2) is 6.88. The summed E-state index contributed by atoms with van der Waals surface area (Å²) in [6.07, 6.45) is 3.59. The number of hydrogen-bond acceptors (Lipinski definition) is 4. The van der Waals surface area contributed by atoms with Crippen molar-refractivity contribution in [2.45, 2.75) is 13.0 Å². The molecule has 1 amide bonds. The molecule has 6 heteroatoms. The molecule has 0 bridgehead atoms. The van der Waals surface area contributed by atoms with Crippen molar-refractivity contribution in [1.82, 2.24) is 14.9 Å². The van der Waals surface area contributed by atoms with Gasteiger partial charge in [-0.25, -0.2) is 4.98 Å². The Morgan fingerprint density at radius 1 is 1.38 bits per heavy atom. The van der Waals surface area contributed by atoms with Crippen LogP contribution in [0.4, 0.5) is 0 Å². The summed E-state index contributed by atoms with van der Waals surface area (Å²) in [4.78, 5) is 17.8. The van der Waals surface area contributed by atoms with Crippen LogP contribution in [-0.4, -0.2) is 22.6 Å². The number of rotatable bonds is 5. The lowest BCUT2D eigenvalue weighted by Gasteiger charge is -2.19. The normalized spacial score (nSPS) is 12.0. The average molecular weight is 341 g/mol. The molecule has 1 N–H and O–H groups in total. The van der Waals surface area contributed by atoms with E-state index < -0.39 is 0 Å². The molecule has 0 radical (unpaired) electrons. The lowest BCUT2D eigenvalue weighted by atomic mass is 10.1. The molecule has 2 heterocycles. The predicted octanol–water partition coefficient (Wildman–Crippen LogP) is 3.32. The Morgan fingerprint density at radius 2 is 2.21 bits per heavy atom. The van der Waals surface area contributed by atoms with Crippen LogP contribution in [0, 0.1) is 6.92 Å². The van der Waals surface area contributed by atoms with Crippen molar-refractivity contribution in [2.75, 3.05) is 7.11 Å². The number of ether oxygens (including phenoxy) is 1. The molecule has 0 saturated carbocycles. The number of benzene rings is 1. The first-order valence-corrected chi connectivity index (χ1v) is 8.44. The molecule has 0 aliphatic rings. The summed E-state index contributed by atoms with van der Waals surface area (Å²) in [6, 6.07) is 9.26. The first-order chi connectivity index (χ1) is 11.6. The molecule has 2 aromatic heterocycles. The number of carbonyl (C=O) groups is 1. The number of imidazole rings is 1. The summed E-state index contributed by atoms with van der Waals surface area (Å²) in [5, 5.41) is 5.03. The van der Waals surface area contributed by atoms with Crippen molar-refractivity contribution >= 4 is 17.2 Å². The number of nitrogens with zero attached hydrogens (tertiary/aromatic N) is 2. The largest absolute Gasteiger partial charge is 0.497 e. The summed E-state index contributed by atoms with van der Waals surface area (Å²) in [5.41, 5.74) is 1.90. The van der Waals surface area contributed by atoms with E-state index in [9.17, 15) is 4.79 Å². The predicted molar refractivity (Wildman–Crippen MR) is 94.6 cm³/mol. The van der Waals surface area contributed by atoms with Gasteiger partial charge in [-0.1, -0.05) is 12.1 Å². The molecular formula is C18H19N3O2S. The van der Waals surface area contributed by atoms with Gasteiger partial charge in [-0.3, -0.25) is 4.79 Å². The highest BCUT2D eigenvalue weighted by molar-refractivity contribution is 7.12. The van der Waals surface area contributed by atoms with Crippen LogP contribution < -0.4 is 10.1 Å². The second-order valence-electron chi connectivity index (χ2n) is 5.51. The minimum Gasteiger partial charge on any atom is -0.497 e. The maximum atomic E-state index is 12.7. The number of aryl methyl sites for hydroxylation is 2. The lowest BCUT2D eigenvalue weighted by molar-refractivity contribution is 0.0944. The summed E-state index contributed by atoms with van der Waals surface area (Å²) >= 11 is 1.44. The van der Waals surface area contributed by atoms with Gasteiger partial charge in [-0.2, -0.15) is 0 Å². The summed E-state index contributed by atoms with van der Waals surface area (Å²) in [5.74, 6) is 1.41. The van der Waals surface area contributed by atoms with Gasteiger partial charge in [0, 0.05) is 19.4 Å². The van der Waals surface area contributed by atoms with Gasteiger partial charge < -0.3 is 14.6 Å². The van der Waals surface area contributed by atoms with Crippen LogP contribution in [0.2, 0.25) is 0 Å². The molecule has 124 valence electrons. The topological polar surface area (TPSA) is 56.1 Å². The Balaban J connectivity index is 1.98. The highest BCUT2D eigenvalue weighted by Crippen LogP contribution is 2.25. The zero-order valence-corrected chi connectivity index (χ0v) is 14.6. The van der Waals surface area contributed by atoms with Crippen LogP contribution in [0.25, 0.3) is 0 Å². The quantitative estimate of drug-likeness (QED) is 0.774. The van der Waals surface area contributed by atoms with Gasteiger partial charge in [0.05, 0.1) is 12.0 Å². The van der Waals surface area contributed by atoms with Gasteiger partial charge in [0.2, 0.25) is 0 Å². The third-order valence-corrected chi connectivity index (χ3v) is 4.90. The Hall–Kier alpha value is -2.60. The van der Waals surface area contributed by atoms with Gasteiger partial charge in [-0.15, -0.1) is 11.3 Å². The van der Waals surface area contributed by atoms with Crippen molar-refractivity contribution < 1.29 is 9.53 Å². The van der Waals surface area contributed by atoms with E-state index in [1.807, 2.05) is 60.4 Å². The molecule has 0 spiro atoms. The van der Waals surface area contributed by atoms with Gasteiger partial charge in [-0.05, 0) is 41.6 Å². The second-order valence-corrected chi connectivity index (χ2v) is 6.43. The van der Waals surface area contributed by atoms with Crippen LogP contribution in [-0.2, 0) is 7.05 Å². The zero-order chi connectivity index (χ0) is 17.1. The smallest absolute Gasteiger partial charge is 0.262 e. The third-order valence-electron chi connectivity index (χ3n) is 3.89. The Labute approximate surface area is 144 Å². The standard InChI is InChI=1S/C18H19N3O2S/c1-12-7-10-24-16(12)18(22)20-15(17-19-8-9-21(17)2)13-5-4-6-14(11-13)23-3/h4-11,15H,1-3H3,(H,20,22). The monoisotopic (exact) mass is 341 g/mol. The molecule has 1 aromatic carbocycles. The molecule has 1 unspecified atom stereocenters. The van der Waals surface area contributed by atoms with E-state index in [-0.39, 0.29) is 11.9 Å².